The molecule has 0 heterocycles. The van der Waals surface area contributed by atoms with Gasteiger partial charge in [0, 0.05) is 25.7 Å². The summed E-state index contributed by atoms with van der Waals surface area (Å²) in [5.41, 5.74) is 0. The molecule has 2 unspecified atom stereocenters. The highest BCUT2D eigenvalue weighted by atomic mass is 31.2. The van der Waals surface area contributed by atoms with Crippen LogP contribution in [0.25, 0.3) is 0 Å². The predicted octanol–water partition coefficient (Wildman–Crippen LogP) is 16.0. The highest BCUT2D eigenvalue weighted by Gasteiger charge is 2.30. The number of aliphatic hydroxyl groups excluding tert-OH is 1. The van der Waals surface area contributed by atoms with Crippen molar-refractivity contribution in [2.75, 3.05) is 39.6 Å². The lowest BCUT2D eigenvalue weighted by atomic mass is 10.0. The van der Waals surface area contributed by atoms with Gasteiger partial charge >= 0.3 is 39.5 Å². The quantitative estimate of drug-likeness (QED) is 0.0222. The van der Waals surface area contributed by atoms with Crippen LogP contribution in [0.5, 0.6) is 0 Å². The van der Waals surface area contributed by atoms with Crippen molar-refractivity contribution in [3.05, 3.63) is 0 Å². The second-order valence-corrected chi connectivity index (χ2v) is 24.3. The Labute approximate surface area is 473 Å². The summed E-state index contributed by atoms with van der Waals surface area (Å²) in [5.74, 6) is -2.17. The summed E-state index contributed by atoms with van der Waals surface area (Å²) in [7, 11) is -9.85. The van der Waals surface area contributed by atoms with Gasteiger partial charge in [0.05, 0.1) is 26.4 Å². The van der Waals surface area contributed by atoms with Gasteiger partial charge in [-0.15, -0.1) is 0 Å². The second-order valence-electron chi connectivity index (χ2n) is 21.4. The maximum Gasteiger partial charge on any atom is 0.472 e. The van der Waals surface area contributed by atoms with Crippen LogP contribution in [0.1, 0.15) is 297 Å². The second kappa shape index (κ2) is 54.3. The van der Waals surface area contributed by atoms with Crippen LogP contribution in [-0.2, 0) is 65.4 Å². The summed E-state index contributed by atoms with van der Waals surface area (Å²) < 4.78 is 67.1. The van der Waals surface area contributed by atoms with Gasteiger partial charge in [-0.05, 0) is 25.7 Å². The zero-order valence-corrected chi connectivity index (χ0v) is 51.4. The molecule has 0 aromatic heterocycles. The molecule has 78 heavy (non-hydrogen) atoms. The Kier molecular flexibility index (Phi) is 53.0. The lowest BCUT2D eigenvalue weighted by molar-refractivity contribution is -0.161. The lowest BCUT2D eigenvalue weighted by Crippen LogP contribution is -2.30. The van der Waals surface area contributed by atoms with E-state index in [1.807, 2.05) is 6.92 Å². The van der Waals surface area contributed by atoms with Crippen LogP contribution in [0.3, 0.4) is 0 Å². The Hall–Kier alpha value is -1.94. The maximum atomic E-state index is 12.8. The van der Waals surface area contributed by atoms with Gasteiger partial charge in [-0.1, -0.05) is 246 Å². The fourth-order valence-electron chi connectivity index (χ4n) is 8.75. The van der Waals surface area contributed by atoms with Crippen LogP contribution in [0, 0.1) is 0 Å². The SMILES string of the molecule is CCCCCCCCCCCCCCCCCC(=O)OC[C@H](COP(=O)(O)OC[C@@H](O)COP(=O)(O)OC[C@@H](COC(=O)CCCCCCCCCCCCCCCCC)OC(=O)CCCCCCC)OC(=O)CCCCC. The summed E-state index contributed by atoms with van der Waals surface area (Å²) in [4.78, 5) is 71.2. The monoisotopic (exact) mass is 1160 g/mol. The zero-order chi connectivity index (χ0) is 57.6. The van der Waals surface area contributed by atoms with Gasteiger partial charge in [0.2, 0.25) is 0 Å². The highest BCUT2D eigenvalue weighted by molar-refractivity contribution is 7.47. The van der Waals surface area contributed by atoms with Gasteiger partial charge in [0.25, 0.3) is 0 Å². The molecule has 0 aliphatic carbocycles. The van der Waals surface area contributed by atoms with Crippen LogP contribution in [0.4, 0.5) is 0 Å². The Morgan fingerprint density at radius 2 is 0.513 bits per heavy atom. The summed E-state index contributed by atoms with van der Waals surface area (Å²) in [6, 6.07) is 0. The Morgan fingerprint density at radius 1 is 0.308 bits per heavy atom. The number of hydrogen-bond donors (Lipinski definition) is 3. The van der Waals surface area contributed by atoms with Crippen molar-refractivity contribution in [2.24, 2.45) is 0 Å². The van der Waals surface area contributed by atoms with E-state index in [4.69, 9.17) is 37.0 Å². The zero-order valence-electron chi connectivity index (χ0n) is 49.6. The van der Waals surface area contributed by atoms with Crippen molar-refractivity contribution in [3.8, 4) is 0 Å². The van der Waals surface area contributed by atoms with Crippen molar-refractivity contribution >= 4 is 39.5 Å². The van der Waals surface area contributed by atoms with Crippen molar-refractivity contribution in [3.63, 3.8) is 0 Å². The third-order valence-electron chi connectivity index (χ3n) is 13.6. The summed E-state index contributed by atoms with van der Waals surface area (Å²) >= 11 is 0. The lowest BCUT2D eigenvalue weighted by Gasteiger charge is -2.21. The standard InChI is InChI=1S/C59H114O17P2/c1-5-9-13-16-18-20-22-24-26-28-30-32-34-37-40-43-56(61)69-49-54(75-58(63)45-39-12-8-4)51-73-77(65,66)71-47-53(60)48-72-78(67,68)74-52-55(76-59(64)46-42-36-15-11-7-3)50-70-57(62)44-41-38-35-33-31-29-27-25-23-21-19-17-14-10-6-2/h53-55,60H,5-52H2,1-4H3,(H,65,66)(H,67,68)/t53-,54-,55-/m1/s1. The minimum absolute atomic E-state index is 0.0907. The van der Waals surface area contributed by atoms with Gasteiger partial charge in [0.15, 0.2) is 12.2 Å². The molecule has 0 amide bonds. The van der Waals surface area contributed by atoms with Crippen molar-refractivity contribution in [2.45, 2.75) is 316 Å². The summed E-state index contributed by atoms with van der Waals surface area (Å²) in [5, 5.41) is 10.4. The minimum atomic E-state index is -4.92. The van der Waals surface area contributed by atoms with E-state index in [0.29, 0.717) is 25.7 Å². The number of aliphatic hydroxyl groups is 1. The number of esters is 4. The van der Waals surface area contributed by atoms with Crippen molar-refractivity contribution in [1.82, 2.24) is 0 Å². The predicted molar refractivity (Wildman–Crippen MR) is 308 cm³/mol. The third kappa shape index (κ3) is 53.4. The molecular formula is C59H114O17P2. The molecule has 0 aromatic rings. The molecule has 17 nitrogen and oxygen atoms in total. The number of phosphoric ester groups is 2. The van der Waals surface area contributed by atoms with Gasteiger partial charge in [-0.25, -0.2) is 9.13 Å². The van der Waals surface area contributed by atoms with Crippen LogP contribution >= 0.6 is 15.6 Å². The van der Waals surface area contributed by atoms with Crippen molar-refractivity contribution < 1.29 is 80.2 Å². The number of rotatable bonds is 60. The van der Waals surface area contributed by atoms with E-state index in [1.165, 1.54) is 141 Å². The first-order chi connectivity index (χ1) is 37.7. The molecule has 0 bridgehead atoms. The molecule has 462 valence electrons. The number of phosphoric acid groups is 2. The Morgan fingerprint density at radius 3 is 0.782 bits per heavy atom. The first-order valence-corrected chi connectivity index (χ1v) is 34.3. The van der Waals surface area contributed by atoms with E-state index in [9.17, 15) is 43.2 Å². The molecule has 19 heteroatoms. The molecule has 0 aromatic carbocycles. The van der Waals surface area contributed by atoms with Crippen LogP contribution < -0.4 is 0 Å². The number of hydrogen-bond acceptors (Lipinski definition) is 15. The molecule has 0 saturated heterocycles. The molecule has 5 atom stereocenters. The van der Waals surface area contributed by atoms with Gasteiger partial charge < -0.3 is 33.8 Å². The van der Waals surface area contributed by atoms with E-state index in [2.05, 4.69) is 20.8 Å². The Bertz CT molecular complexity index is 1520. The first kappa shape index (κ1) is 76.1. The average molecular weight is 1160 g/mol. The van der Waals surface area contributed by atoms with E-state index >= 15 is 0 Å². The molecule has 0 saturated carbocycles. The van der Waals surface area contributed by atoms with Gasteiger partial charge in [0.1, 0.15) is 19.3 Å². The molecule has 0 spiro atoms. The minimum Gasteiger partial charge on any atom is -0.462 e. The normalized spacial score (nSPS) is 14.3. The average Bonchev–Trinajstić information content (AvgIpc) is 3.41. The van der Waals surface area contributed by atoms with E-state index in [-0.39, 0.29) is 25.7 Å². The molecule has 3 N–H and O–H groups in total. The fraction of sp³-hybridized carbons (Fsp3) is 0.932. The van der Waals surface area contributed by atoms with Gasteiger partial charge in [-0.2, -0.15) is 0 Å². The summed E-state index contributed by atoms with van der Waals surface area (Å²) in [6.07, 6.45) is 38.9. The van der Waals surface area contributed by atoms with E-state index in [0.717, 1.165) is 77.0 Å². The third-order valence-corrected chi connectivity index (χ3v) is 15.5. The molecule has 0 rings (SSSR count). The van der Waals surface area contributed by atoms with E-state index < -0.39 is 97.5 Å². The number of carbonyl (C=O) groups is 4. The van der Waals surface area contributed by atoms with Gasteiger partial charge in [-0.3, -0.25) is 37.3 Å². The molecule has 0 radical (unpaired) electrons. The number of carbonyl (C=O) groups excluding carboxylic acids is 4. The fourth-order valence-corrected chi connectivity index (χ4v) is 10.3. The Balaban J connectivity index is 4.87. The molecule has 0 aliphatic rings. The largest absolute Gasteiger partial charge is 0.472 e. The highest BCUT2D eigenvalue weighted by Crippen LogP contribution is 2.45. The topological polar surface area (TPSA) is 237 Å². The van der Waals surface area contributed by atoms with Crippen LogP contribution in [0.2, 0.25) is 0 Å². The summed E-state index contributed by atoms with van der Waals surface area (Å²) in [6.45, 7) is 4.58. The molecular weight excluding hydrogens is 1040 g/mol. The van der Waals surface area contributed by atoms with Crippen molar-refractivity contribution in [1.29, 1.82) is 0 Å². The maximum absolute atomic E-state index is 12.8. The van der Waals surface area contributed by atoms with Crippen LogP contribution in [0.15, 0.2) is 0 Å². The number of ether oxygens (including phenoxy) is 4. The molecule has 0 fully saturated rings. The first-order valence-electron chi connectivity index (χ1n) is 31.3. The molecule has 0 aliphatic heterocycles. The number of unbranched alkanes of at least 4 members (excludes halogenated alkanes) is 34. The smallest absolute Gasteiger partial charge is 0.462 e. The van der Waals surface area contributed by atoms with Crippen LogP contribution in [-0.4, -0.2) is 96.7 Å². The van der Waals surface area contributed by atoms with E-state index in [1.54, 1.807) is 0 Å².